The summed E-state index contributed by atoms with van der Waals surface area (Å²) in [5, 5.41) is 0. The molecule has 0 bridgehead atoms. The van der Waals surface area contributed by atoms with Crippen LogP contribution in [0.2, 0.25) is 0 Å². The number of hydrogen-bond donors (Lipinski definition) is 0. The lowest BCUT2D eigenvalue weighted by molar-refractivity contribution is -0.104. The highest BCUT2D eigenvalue weighted by Crippen LogP contribution is 2.14. The lowest BCUT2D eigenvalue weighted by Gasteiger charge is -2.06. The Morgan fingerprint density at radius 1 is 1.00 bits per heavy atom. The lowest BCUT2D eigenvalue weighted by Crippen LogP contribution is -2.00. The van der Waals surface area contributed by atoms with Crippen molar-refractivity contribution in [2.75, 3.05) is 0 Å². The maximum atomic E-state index is 11.1. The Balaban J connectivity index is 0.00000180. The van der Waals surface area contributed by atoms with Crippen molar-refractivity contribution in [2.24, 2.45) is 0 Å². The van der Waals surface area contributed by atoms with Crippen LogP contribution in [0.25, 0.3) is 0 Å². The zero-order valence-electron chi connectivity index (χ0n) is 10.2. The summed E-state index contributed by atoms with van der Waals surface area (Å²) >= 11 is 0. The van der Waals surface area contributed by atoms with E-state index in [0.717, 1.165) is 5.56 Å². The second-order valence-electron chi connectivity index (χ2n) is 3.78. The molecule has 0 atom stereocenters. The molecule has 0 aromatic heterocycles. The first-order valence-electron chi connectivity index (χ1n) is 5.56. The van der Waals surface area contributed by atoms with Gasteiger partial charge in [0.25, 0.3) is 0 Å². The highest BCUT2D eigenvalue weighted by Gasteiger charge is 2.03. The average Bonchev–Trinajstić information content (AvgIpc) is 2.46. The number of hydrogen-bond acceptors (Lipinski definition) is 3. The number of benzene rings is 2. The minimum atomic E-state index is -0.524. The summed E-state index contributed by atoms with van der Waals surface area (Å²) in [6.45, 7) is 0.474. The van der Waals surface area contributed by atoms with Gasteiger partial charge in [-0.3, -0.25) is 9.59 Å². The smallest absolute Gasteiger partial charge is 0.225 e. The van der Waals surface area contributed by atoms with E-state index in [-0.39, 0.29) is 5.48 Å². The molecule has 0 spiro atoms. The van der Waals surface area contributed by atoms with Crippen LogP contribution in [0.15, 0.2) is 54.6 Å². The van der Waals surface area contributed by atoms with Gasteiger partial charge >= 0.3 is 0 Å². The summed E-state index contributed by atoms with van der Waals surface area (Å²) in [4.78, 5) is 21.4. The Morgan fingerprint density at radius 3 is 2.21 bits per heavy atom. The van der Waals surface area contributed by atoms with E-state index in [1.165, 1.54) is 0 Å². The monoisotopic (exact) mass is 258 g/mol. The van der Waals surface area contributed by atoms with Crippen molar-refractivity contribution in [3.05, 3.63) is 65.7 Å². The van der Waals surface area contributed by atoms with Crippen molar-refractivity contribution in [1.29, 1.82) is 0 Å². The van der Waals surface area contributed by atoms with Crippen LogP contribution in [0.3, 0.4) is 0 Å². The Bertz CT molecular complexity index is 532. The van der Waals surface area contributed by atoms with Gasteiger partial charge in [0.2, 0.25) is 5.78 Å². The second kappa shape index (κ2) is 7.08. The van der Waals surface area contributed by atoms with Gasteiger partial charge in [0.15, 0.2) is 6.29 Å². The Labute approximate surface area is 111 Å². The van der Waals surface area contributed by atoms with Crippen LogP contribution >= 0.6 is 0 Å². The molecule has 0 amide bonds. The topological polar surface area (TPSA) is 74.9 Å². The van der Waals surface area contributed by atoms with E-state index in [1.54, 1.807) is 24.3 Å². The standard InChI is InChI=1S/C15H12O3.H2O/c16-10-15(17)13-6-8-14(9-7-13)18-11-12-4-2-1-3-5-12;/h1-10H,11H2;1H2. The molecule has 2 N–H and O–H groups in total. The predicted molar refractivity (Wildman–Crippen MR) is 71.2 cm³/mol. The summed E-state index contributed by atoms with van der Waals surface area (Å²) in [5.41, 5.74) is 1.45. The SMILES string of the molecule is O.O=CC(=O)c1ccc(OCc2ccccc2)cc1. The first-order chi connectivity index (χ1) is 8.79. The fraction of sp³-hybridized carbons (Fsp3) is 0.0667. The molecule has 0 aliphatic carbocycles. The molecule has 19 heavy (non-hydrogen) atoms. The summed E-state index contributed by atoms with van der Waals surface area (Å²) in [6.07, 6.45) is 0.305. The van der Waals surface area contributed by atoms with Gasteiger partial charge < -0.3 is 10.2 Å². The van der Waals surface area contributed by atoms with E-state index in [4.69, 9.17) is 4.74 Å². The Morgan fingerprint density at radius 2 is 1.63 bits per heavy atom. The van der Waals surface area contributed by atoms with Crippen LogP contribution in [0.1, 0.15) is 15.9 Å². The maximum Gasteiger partial charge on any atom is 0.225 e. The van der Waals surface area contributed by atoms with E-state index in [2.05, 4.69) is 0 Å². The number of carbonyl (C=O) groups excluding carboxylic acids is 2. The molecule has 0 heterocycles. The van der Waals surface area contributed by atoms with Crippen LogP contribution in [-0.4, -0.2) is 17.5 Å². The molecule has 0 aliphatic rings. The Kier molecular flexibility index (Phi) is 5.44. The van der Waals surface area contributed by atoms with E-state index in [9.17, 15) is 9.59 Å². The molecular formula is C15H14O4. The summed E-state index contributed by atoms with van der Waals surface area (Å²) in [6, 6.07) is 16.3. The van der Waals surface area contributed by atoms with Crippen molar-refractivity contribution in [1.82, 2.24) is 0 Å². The number of Topliss-reactive ketones (excluding diaryl/α,β-unsaturated/α-hetero) is 1. The quantitative estimate of drug-likeness (QED) is 0.466. The minimum absolute atomic E-state index is 0. The number of ketones is 1. The molecule has 0 saturated heterocycles. The van der Waals surface area contributed by atoms with Crippen LogP contribution in [0.5, 0.6) is 5.75 Å². The van der Waals surface area contributed by atoms with E-state index < -0.39 is 5.78 Å². The second-order valence-corrected chi connectivity index (χ2v) is 3.78. The molecule has 4 heteroatoms. The van der Waals surface area contributed by atoms with Crippen LogP contribution in [-0.2, 0) is 11.4 Å². The maximum absolute atomic E-state index is 11.1. The third-order valence-electron chi connectivity index (χ3n) is 2.49. The van der Waals surface area contributed by atoms with E-state index >= 15 is 0 Å². The normalized spacial score (nSPS) is 9.26. The van der Waals surface area contributed by atoms with Crippen molar-refractivity contribution >= 4 is 12.1 Å². The first-order valence-corrected chi connectivity index (χ1v) is 5.56. The van der Waals surface area contributed by atoms with Gasteiger partial charge in [-0.1, -0.05) is 30.3 Å². The molecule has 2 aromatic carbocycles. The number of ether oxygens (including phenoxy) is 1. The first kappa shape index (κ1) is 14.6. The predicted octanol–water partition coefficient (Wildman–Crippen LogP) is 1.82. The fourth-order valence-corrected chi connectivity index (χ4v) is 1.52. The summed E-state index contributed by atoms with van der Waals surface area (Å²) < 4.78 is 5.56. The molecule has 0 unspecified atom stereocenters. The van der Waals surface area contributed by atoms with Gasteiger partial charge in [0.1, 0.15) is 12.4 Å². The van der Waals surface area contributed by atoms with Crippen molar-refractivity contribution < 1.29 is 19.8 Å². The fourth-order valence-electron chi connectivity index (χ4n) is 1.52. The third kappa shape index (κ3) is 4.04. The van der Waals surface area contributed by atoms with Crippen molar-refractivity contribution in [3.63, 3.8) is 0 Å². The molecule has 0 saturated carbocycles. The van der Waals surface area contributed by atoms with Gasteiger partial charge in [0, 0.05) is 5.56 Å². The zero-order valence-corrected chi connectivity index (χ0v) is 10.2. The molecule has 2 aromatic rings. The van der Waals surface area contributed by atoms with Gasteiger partial charge in [-0.05, 0) is 29.8 Å². The van der Waals surface area contributed by atoms with Crippen LogP contribution in [0.4, 0.5) is 0 Å². The van der Waals surface area contributed by atoms with Crippen LogP contribution < -0.4 is 4.74 Å². The zero-order chi connectivity index (χ0) is 12.8. The molecule has 98 valence electrons. The summed E-state index contributed by atoms with van der Waals surface area (Å²) in [7, 11) is 0. The van der Waals surface area contributed by atoms with Gasteiger partial charge in [-0.25, -0.2) is 0 Å². The van der Waals surface area contributed by atoms with E-state index in [0.29, 0.717) is 24.2 Å². The molecule has 0 aliphatic heterocycles. The molecule has 4 nitrogen and oxygen atoms in total. The summed E-state index contributed by atoms with van der Waals surface area (Å²) in [5.74, 6) is 0.144. The van der Waals surface area contributed by atoms with Gasteiger partial charge in [-0.2, -0.15) is 0 Å². The van der Waals surface area contributed by atoms with Crippen molar-refractivity contribution in [3.8, 4) is 5.75 Å². The van der Waals surface area contributed by atoms with Crippen LogP contribution in [0, 0.1) is 0 Å². The lowest BCUT2D eigenvalue weighted by atomic mass is 10.1. The number of rotatable bonds is 5. The number of aldehydes is 1. The highest BCUT2D eigenvalue weighted by molar-refractivity contribution is 6.33. The Hall–Kier alpha value is -2.46. The molecule has 2 rings (SSSR count). The molecular weight excluding hydrogens is 244 g/mol. The van der Waals surface area contributed by atoms with Gasteiger partial charge in [0.05, 0.1) is 0 Å². The van der Waals surface area contributed by atoms with E-state index in [1.807, 2.05) is 30.3 Å². The van der Waals surface area contributed by atoms with Gasteiger partial charge in [-0.15, -0.1) is 0 Å². The largest absolute Gasteiger partial charge is 0.489 e. The highest BCUT2D eigenvalue weighted by atomic mass is 16.5. The molecule has 0 fully saturated rings. The third-order valence-corrected chi connectivity index (χ3v) is 2.49. The number of carbonyl (C=O) groups is 2. The average molecular weight is 258 g/mol. The van der Waals surface area contributed by atoms with Crippen molar-refractivity contribution in [2.45, 2.75) is 6.61 Å². The molecule has 0 radical (unpaired) electrons. The minimum Gasteiger partial charge on any atom is -0.489 e.